The van der Waals surface area contributed by atoms with Gasteiger partial charge in [-0.25, -0.2) is 0 Å². The highest BCUT2D eigenvalue weighted by atomic mass is 16.4. The van der Waals surface area contributed by atoms with E-state index < -0.39 is 5.97 Å². The maximum absolute atomic E-state index is 10.5. The van der Waals surface area contributed by atoms with Crippen LogP contribution in [-0.2, 0) is 17.6 Å². The van der Waals surface area contributed by atoms with E-state index in [2.05, 4.69) is 30.4 Å². The van der Waals surface area contributed by atoms with E-state index in [4.69, 9.17) is 5.11 Å². The Morgan fingerprint density at radius 3 is 2.78 bits per heavy atom. The molecule has 0 aliphatic heterocycles. The van der Waals surface area contributed by atoms with Crippen LogP contribution in [0.25, 0.3) is 0 Å². The topological polar surface area (TPSA) is 49.3 Å². The molecule has 1 aliphatic carbocycles. The van der Waals surface area contributed by atoms with Crippen molar-refractivity contribution in [2.75, 3.05) is 6.54 Å². The molecule has 0 saturated heterocycles. The average molecular weight is 249 g/mol. The number of benzene rings is 1. The number of aliphatic carboxylic acids is 1. The van der Waals surface area contributed by atoms with Crippen LogP contribution < -0.4 is 5.32 Å². The summed E-state index contributed by atoms with van der Waals surface area (Å²) in [6.07, 6.45) is 3.03. The van der Waals surface area contributed by atoms with Gasteiger partial charge in [0.15, 0.2) is 0 Å². The normalized spacial score (nSPS) is 17.4. The van der Waals surface area contributed by atoms with E-state index in [-0.39, 0.29) is 6.54 Å². The van der Waals surface area contributed by atoms with E-state index >= 15 is 0 Å². The van der Waals surface area contributed by atoms with Gasteiger partial charge in [0, 0.05) is 6.04 Å². The van der Waals surface area contributed by atoms with Crippen LogP contribution in [0.3, 0.4) is 0 Å². The summed E-state index contributed by atoms with van der Waals surface area (Å²) in [4.78, 5) is 10.5. The molecule has 0 aromatic heterocycles. The first-order valence-electron chi connectivity index (χ1n) is 6.69. The first-order chi connectivity index (χ1) is 8.65. The van der Waals surface area contributed by atoms with Crippen molar-refractivity contribution in [3.8, 4) is 0 Å². The smallest absolute Gasteiger partial charge is 0.317 e. The maximum Gasteiger partial charge on any atom is 0.317 e. The number of hydrogen-bond donors (Lipinski definition) is 2. The highest BCUT2D eigenvalue weighted by Crippen LogP contribution is 2.22. The highest BCUT2D eigenvalue weighted by Gasteiger charge is 2.18. The molecule has 3 heteroatoms. The van der Waals surface area contributed by atoms with E-state index in [1.807, 2.05) is 13.8 Å². The molecule has 1 aromatic carbocycles. The molecule has 1 aromatic rings. The summed E-state index contributed by atoms with van der Waals surface area (Å²) in [5.74, 6) is -0.783. The van der Waals surface area contributed by atoms with Gasteiger partial charge in [0.25, 0.3) is 0 Å². The second kappa shape index (κ2) is 7.17. The lowest BCUT2D eigenvalue weighted by Gasteiger charge is -2.25. The lowest BCUT2D eigenvalue weighted by Crippen LogP contribution is -2.37. The van der Waals surface area contributed by atoms with Crippen LogP contribution in [0, 0.1) is 6.92 Å². The Balaban J connectivity index is 0.000000771. The Hall–Kier alpha value is -1.35. The maximum atomic E-state index is 10.5. The molecule has 2 N–H and O–H groups in total. The summed E-state index contributed by atoms with van der Waals surface area (Å²) in [6.45, 7) is 6.17. The Morgan fingerprint density at radius 2 is 2.11 bits per heavy atom. The average Bonchev–Trinajstić information content (AvgIpc) is 2.38. The molecule has 0 radical (unpaired) electrons. The molecular weight excluding hydrogens is 226 g/mol. The van der Waals surface area contributed by atoms with Crippen LogP contribution in [0.5, 0.6) is 0 Å². The van der Waals surface area contributed by atoms with Crippen LogP contribution in [0.2, 0.25) is 0 Å². The fraction of sp³-hybridized carbons (Fsp3) is 0.533. The number of aryl methyl sites for hydroxylation is 2. The third-order valence-corrected chi connectivity index (χ3v) is 3.13. The van der Waals surface area contributed by atoms with Crippen molar-refractivity contribution >= 4 is 5.97 Å². The first-order valence-corrected chi connectivity index (χ1v) is 6.69. The lowest BCUT2D eigenvalue weighted by molar-refractivity contribution is -0.136. The van der Waals surface area contributed by atoms with Gasteiger partial charge in [-0.3, -0.25) is 4.79 Å². The van der Waals surface area contributed by atoms with Crippen molar-refractivity contribution in [2.45, 2.75) is 46.1 Å². The summed E-state index contributed by atoms with van der Waals surface area (Å²) < 4.78 is 0. The van der Waals surface area contributed by atoms with E-state index in [0.29, 0.717) is 6.04 Å². The zero-order chi connectivity index (χ0) is 13.5. The summed E-state index contributed by atoms with van der Waals surface area (Å²) >= 11 is 0. The summed E-state index contributed by atoms with van der Waals surface area (Å²) in [6, 6.07) is 6.84. The molecule has 3 nitrogen and oxygen atoms in total. The van der Waals surface area contributed by atoms with Gasteiger partial charge in [0.1, 0.15) is 0 Å². The number of rotatable bonds is 3. The minimum atomic E-state index is -0.783. The van der Waals surface area contributed by atoms with Crippen LogP contribution in [0.4, 0.5) is 0 Å². The standard InChI is InChI=1S/C13H17NO2.C2H6/c1-9-2-3-11-7-12(14-8-13(15)16)5-4-10(11)6-9;1-2/h2-3,6,12,14H,4-5,7-8H2,1H3,(H,15,16);1-2H3. The number of hydrogen-bond acceptors (Lipinski definition) is 2. The fourth-order valence-corrected chi connectivity index (χ4v) is 2.29. The van der Waals surface area contributed by atoms with Crippen LogP contribution >= 0.6 is 0 Å². The molecule has 1 unspecified atom stereocenters. The van der Waals surface area contributed by atoms with Gasteiger partial charge in [-0.05, 0) is 37.3 Å². The molecule has 0 bridgehead atoms. The Kier molecular flexibility index (Phi) is 5.86. The third-order valence-electron chi connectivity index (χ3n) is 3.13. The molecule has 1 aliphatic rings. The number of carbonyl (C=O) groups is 1. The predicted octanol–water partition coefficient (Wildman–Crippen LogP) is 2.55. The molecule has 0 amide bonds. The second-order valence-corrected chi connectivity index (χ2v) is 4.49. The molecule has 100 valence electrons. The number of carboxylic acid groups (broad SMARTS) is 1. The zero-order valence-corrected chi connectivity index (χ0v) is 11.5. The minimum absolute atomic E-state index is 0.0614. The summed E-state index contributed by atoms with van der Waals surface area (Å²) in [7, 11) is 0. The molecule has 0 fully saturated rings. The van der Waals surface area contributed by atoms with E-state index in [1.54, 1.807) is 0 Å². The SMILES string of the molecule is CC.Cc1ccc2c(c1)CCC(NCC(=O)O)C2. The van der Waals surface area contributed by atoms with Crippen molar-refractivity contribution < 1.29 is 9.90 Å². The molecular formula is C15H23NO2. The van der Waals surface area contributed by atoms with E-state index in [1.165, 1.54) is 16.7 Å². The van der Waals surface area contributed by atoms with Gasteiger partial charge in [0.05, 0.1) is 6.54 Å². The van der Waals surface area contributed by atoms with E-state index in [0.717, 1.165) is 19.3 Å². The van der Waals surface area contributed by atoms with E-state index in [9.17, 15) is 4.79 Å². The van der Waals surface area contributed by atoms with Crippen LogP contribution in [0.1, 0.15) is 37.0 Å². The minimum Gasteiger partial charge on any atom is -0.480 e. The third kappa shape index (κ3) is 4.15. The Morgan fingerprint density at radius 1 is 1.39 bits per heavy atom. The van der Waals surface area contributed by atoms with Gasteiger partial charge < -0.3 is 10.4 Å². The fourth-order valence-electron chi connectivity index (χ4n) is 2.29. The molecule has 18 heavy (non-hydrogen) atoms. The van der Waals surface area contributed by atoms with Crippen LogP contribution in [0.15, 0.2) is 18.2 Å². The number of carboxylic acids is 1. The second-order valence-electron chi connectivity index (χ2n) is 4.49. The van der Waals surface area contributed by atoms with Gasteiger partial charge in [-0.15, -0.1) is 0 Å². The predicted molar refractivity (Wildman–Crippen MR) is 74.0 cm³/mol. The van der Waals surface area contributed by atoms with Crippen molar-refractivity contribution in [3.05, 3.63) is 34.9 Å². The number of nitrogens with one attached hydrogen (secondary N) is 1. The monoisotopic (exact) mass is 249 g/mol. The van der Waals surface area contributed by atoms with Crippen molar-refractivity contribution in [1.82, 2.24) is 5.32 Å². The van der Waals surface area contributed by atoms with Gasteiger partial charge in [0.2, 0.25) is 0 Å². The molecule has 0 saturated carbocycles. The lowest BCUT2D eigenvalue weighted by atomic mass is 9.87. The Bertz CT molecular complexity index is 401. The van der Waals surface area contributed by atoms with Gasteiger partial charge >= 0.3 is 5.97 Å². The zero-order valence-electron chi connectivity index (χ0n) is 11.5. The molecule has 1 atom stereocenters. The summed E-state index contributed by atoms with van der Waals surface area (Å²) in [5.41, 5.74) is 4.09. The number of fused-ring (bicyclic) bond motifs is 1. The van der Waals surface area contributed by atoms with Crippen molar-refractivity contribution in [3.63, 3.8) is 0 Å². The molecule has 0 spiro atoms. The molecule has 0 heterocycles. The van der Waals surface area contributed by atoms with Gasteiger partial charge in [-0.2, -0.15) is 0 Å². The highest BCUT2D eigenvalue weighted by molar-refractivity contribution is 5.69. The van der Waals surface area contributed by atoms with Crippen molar-refractivity contribution in [2.24, 2.45) is 0 Å². The quantitative estimate of drug-likeness (QED) is 0.865. The molecule has 2 rings (SSSR count). The largest absolute Gasteiger partial charge is 0.480 e. The first kappa shape index (κ1) is 14.7. The summed E-state index contributed by atoms with van der Waals surface area (Å²) in [5, 5.41) is 11.7. The van der Waals surface area contributed by atoms with Crippen LogP contribution in [-0.4, -0.2) is 23.7 Å². The van der Waals surface area contributed by atoms with Gasteiger partial charge in [-0.1, -0.05) is 37.6 Å². The van der Waals surface area contributed by atoms with Crippen molar-refractivity contribution in [1.29, 1.82) is 0 Å². The Labute approximate surface area is 109 Å².